The second-order valence-corrected chi connectivity index (χ2v) is 8.04. The minimum atomic E-state index is -3.34. The molecule has 2 unspecified atom stereocenters. The molecule has 1 aliphatic rings. The lowest BCUT2D eigenvalue weighted by Gasteiger charge is -2.33. The Bertz CT molecular complexity index is 545. The average molecular weight is 314 g/mol. The second-order valence-electron chi connectivity index (χ2n) is 6.29. The van der Waals surface area contributed by atoms with Crippen molar-refractivity contribution < 1.29 is 8.42 Å². The van der Waals surface area contributed by atoms with Crippen LogP contribution in [0.2, 0.25) is 0 Å². The van der Waals surface area contributed by atoms with Crippen LogP contribution in [0.1, 0.15) is 37.9 Å². The van der Waals surface area contributed by atoms with Crippen molar-refractivity contribution >= 4 is 10.2 Å². The van der Waals surface area contributed by atoms with Crippen LogP contribution in [0, 0.1) is 18.8 Å². The Morgan fingerprint density at radius 3 is 2.62 bits per heavy atom. The van der Waals surface area contributed by atoms with E-state index in [2.05, 4.69) is 28.8 Å². The van der Waals surface area contributed by atoms with Gasteiger partial charge in [0.1, 0.15) is 0 Å². The van der Waals surface area contributed by atoms with Crippen LogP contribution >= 0.6 is 0 Å². The first-order valence-corrected chi connectivity index (χ1v) is 9.06. The van der Waals surface area contributed by atoms with E-state index in [1.54, 1.807) is 10.5 Å². The van der Waals surface area contributed by atoms with Gasteiger partial charge in [-0.05, 0) is 43.6 Å². The summed E-state index contributed by atoms with van der Waals surface area (Å²) in [4.78, 5) is 0. The Morgan fingerprint density at radius 2 is 2.05 bits per heavy atom. The molecule has 0 aliphatic carbocycles. The van der Waals surface area contributed by atoms with E-state index < -0.39 is 10.2 Å². The number of aryl methyl sites for hydroxylation is 2. The topological polar surface area (TPSA) is 78.1 Å². The fourth-order valence-electron chi connectivity index (χ4n) is 3.00. The molecule has 7 heteroatoms. The summed E-state index contributed by atoms with van der Waals surface area (Å²) in [5.74, 6) is 0.859. The van der Waals surface area contributed by atoms with Gasteiger partial charge in [-0.15, -0.1) is 0 Å². The summed E-state index contributed by atoms with van der Waals surface area (Å²) >= 11 is 0. The summed E-state index contributed by atoms with van der Waals surface area (Å²) in [5, 5.41) is 6.86. The van der Waals surface area contributed by atoms with Crippen LogP contribution in [0.25, 0.3) is 0 Å². The maximum absolute atomic E-state index is 12.3. The summed E-state index contributed by atoms with van der Waals surface area (Å²) in [6, 6.07) is 0. The first-order valence-electron chi connectivity index (χ1n) is 7.62. The molecule has 2 atom stereocenters. The van der Waals surface area contributed by atoms with Crippen molar-refractivity contribution in [2.45, 2.75) is 40.0 Å². The van der Waals surface area contributed by atoms with E-state index >= 15 is 0 Å². The zero-order valence-electron chi connectivity index (χ0n) is 13.1. The van der Waals surface area contributed by atoms with Gasteiger partial charge in [0.25, 0.3) is 10.2 Å². The van der Waals surface area contributed by atoms with Crippen LogP contribution in [0.4, 0.5) is 0 Å². The van der Waals surface area contributed by atoms with E-state index in [0.29, 0.717) is 31.5 Å². The zero-order valence-corrected chi connectivity index (χ0v) is 13.9. The summed E-state index contributed by atoms with van der Waals surface area (Å²) in [6.45, 7) is 7.91. The predicted molar refractivity (Wildman–Crippen MR) is 83.1 cm³/mol. The molecule has 0 bridgehead atoms. The molecule has 2 N–H and O–H groups in total. The van der Waals surface area contributed by atoms with Crippen LogP contribution in [0.5, 0.6) is 0 Å². The fourth-order valence-corrected chi connectivity index (χ4v) is 4.49. The highest BCUT2D eigenvalue weighted by molar-refractivity contribution is 7.87. The molecular weight excluding hydrogens is 288 g/mol. The number of piperidine rings is 1. The molecule has 0 saturated carbocycles. The first-order chi connectivity index (χ1) is 9.88. The Hall–Kier alpha value is -0.920. The summed E-state index contributed by atoms with van der Waals surface area (Å²) in [6.07, 6.45) is 4.51. The summed E-state index contributed by atoms with van der Waals surface area (Å²) in [5.41, 5.74) is 2.20. The zero-order chi connectivity index (χ0) is 15.5. The van der Waals surface area contributed by atoms with E-state index in [-0.39, 0.29) is 0 Å². The first kappa shape index (κ1) is 16.5. The quantitative estimate of drug-likeness (QED) is 0.780. The third kappa shape index (κ3) is 4.52. The number of nitrogens with one attached hydrogen (secondary N) is 2. The molecule has 6 nitrogen and oxygen atoms in total. The molecule has 1 aromatic heterocycles. The number of aromatic amines is 1. The lowest BCUT2D eigenvalue weighted by Crippen LogP contribution is -2.48. The lowest BCUT2D eigenvalue weighted by atomic mass is 9.94. The Morgan fingerprint density at radius 1 is 1.38 bits per heavy atom. The summed E-state index contributed by atoms with van der Waals surface area (Å²) in [7, 11) is -3.34. The highest BCUT2D eigenvalue weighted by Crippen LogP contribution is 2.22. The number of hydrogen-bond acceptors (Lipinski definition) is 3. The van der Waals surface area contributed by atoms with Gasteiger partial charge in [0, 0.05) is 25.3 Å². The average Bonchev–Trinajstić information content (AvgIpc) is 2.79. The number of hydrogen-bond donors (Lipinski definition) is 2. The second kappa shape index (κ2) is 6.89. The molecule has 120 valence electrons. The van der Waals surface area contributed by atoms with Crippen molar-refractivity contribution in [3.63, 3.8) is 0 Å². The van der Waals surface area contributed by atoms with Crippen molar-refractivity contribution in [1.29, 1.82) is 0 Å². The molecule has 2 heterocycles. The Labute approximate surface area is 127 Å². The van der Waals surface area contributed by atoms with Gasteiger partial charge < -0.3 is 0 Å². The summed E-state index contributed by atoms with van der Waals surface area (Å²) < 4.78 is 28.9. The van der Waals surface area contributed by atoms with Gasteiger partial charge in [0.05, 0.1) is 6.20 Å². The van der Waals surface area contributed by atoms with Gasteiger partial charge in [-0.25, -0.2) is 4.72 Å². The third-order valence-corrected chi connectivity index (χ3v) is 5.56. The van der Waals surface area contributed by atoms with Crippen molar-refractivity contribution in [3.8, 4) is 0 Å². The molecule has 1 aromatic rings. The molecule has 2 rings (SSSR count). The molecule has 1 aliphatic heterocycles. The number of aromatic nitrogens is 2. The van der Waals surface area contributed by atoms with Crippen LogP contribution in [0.3, 0.4) is 0 Å². The SMILES string of the molecule is Cc1[nH]ncc1CCCNS(=O)(=O)N1CC(C)CC(C)C1. The van der Waals surface area contributed by atoms with Crippen LogP contribution < -0.4 is 4.72 Å². The largest absolute Gasteiger partial charge is 0.283 e. The molecule has 0 aromatic carbocycles. The van der Waals surface area contributed by atoms with Crippen LogP contribution in [-0.2, 0) is 16.6 Å². The number of rotatable bonds is 6. The Kier molecular flexibility index (Phi) is 5.40. The molecule has 0 radical (unpaired) electrons. The monoisotopic (exact) mass is 314 g/mol. The number of H-pyrrole nitrogens is 1. The normalized spacial score (nSPS) is 24.3. The molecule has 21 heavy (non-hydrogen) atoms. The molecule has 1 saturated heterocycles. The smallest absolute Gasteiger partial charge is 0.279 e. The Balaban J connectivity index is 1.80. The highest BCUT2D eigenvalue weighted by Gasteiger charge is 2.29. The maximum Gasteiger partial charge on any atom is 0.279 e. The van der Waals surface area contributed by atoms with E-state index in [9.17, 15) is 8.42 Å². The van der Waals surface area contributed by atoms with Gasteiger partial charge in [-0.2, -0.15) is 17.8 Å². The van der Waals surface area contributed by atoms with Gasteiger partial charge in [-0.1, -0.05) is 13.8 Å². The van der Waals surface area contributed by atoms with Gasteiger partial charge in [-0.3, -0.25) is 5.10 Å². The van der Waals surface area contributed by atoms with Crippen LogP contribution in [-0.4, -0.2) is 42.6 Å². The third-order valence-electron chi connectivity index (χ3n) is 4.02. The standard InChI is InChI=1S/C14H26N4O2S/c1-11-7-12(2)10-18(9-11)21(19,20)16-6-4-5-14-8-15-17-13(14)3/h8,11-12,16H,4-7,9-10H2,1-3H3,(H,15,17). The van der Waals surface area contributed by atoms with E-state index in [4.69, 9.17) is 0 Å². The van der Waals surface area contributed by atoms with E-state index in [1.165, 1.54) is 0 Å². The van der Waals surface area contributed by atoms with Gasteiger partial charge in [0.15, 0.2) is 0 Å². The van der Waals surface area contributed by atoms with Crippen molar-refractivity contribution in [1.82, 2.24) is 19.2 Å². The predicted octanol–water partition coefficient (Wildman–Crippen LogP) is 1.46. The number of nitrogens with zero attached hydrogens (tertiary/aromatic N) is 2. The molecule has 1 fully saturated rings. The molecular formula is C14H26N4O2S. The van der Waals surface area contributed by atoms with Crippen molar-refractivity contribution in [2.24, 2.45) is 11.8 Å². The molecule has 0 amide bonds. The molecule has 0 spiro atoms. The van der Waals surface area contributed by atoms with Gasteiger partial charge >= 0.3 is 0 Å². The minimum absolute atomic E-state index is 0.430. The maximum atomic E-state index is 12.3. The fraction of sp³-hybridized carbons (Fsp3) is 0.786. The van der Waals surface area contributed by atoms with Crippen molar-refractivity contribution in [3.05, 3.63) is 17.5 Å². The minimum Gasteiger partial charge on any atom is -0.283 e. The lowest BCUT2D eigenvalue weighted by molar-refractivity contribution is 0.220. The highest BCUT2D eigenvalue weighted by atomic mass is 32.2. The van der Waals surface area contributed by atoms with Crippen molar-refractivity contribution in [2.75, 3.05) is 19.6 Å². The van der Waals surface area contributed by atoms with Crippen LogP contribution in [0.15, 0.2) is 6.20 Å². The van der Waals surface area contributed by atoms with Gasteiger partial charge in [0.2, 0.25) is 0 Å². The van der Waals surface area contributed by atoms with E-state index in [0.717, 1.165) is 30.5 Å². The van der Waals surface area contributed by atoms with E-state index in [1.807, 2.05) is 6.92 Å².